The van der Waals surface area contributed by atoms with Gasteiger partial charge in [-0.2, -0.15) is 5.10 Å². The first-order valence-corrected chi connectivity index (χ1v) is 8.25. The Morgan fingerprint density at radius 3 is 2.40 bits per heavy atom. The Bertz CT molecular complexity index is 772. The maximum atomic E-state index is 12.7. The number of carbonyl (C=O) groups is 2. The second kappa shape index (κ2) is 6.68. The van der Waals surface area contributed by atoms with Crippen LogP contribution in [-0.4, -0.2) is 33.3 Å². The lowest BCUT2D eigenvalue weighted by Crippen LogP contribution is -2.47. The molecular weight excluding hydrogens is 320 g/mol. The van der Waals surface area contributed by atoms with E-state index in [9.17, 15) is 14.7 Å². The summed E-state index contributed by atoms with van der Waals surface area (Å²) in [6.07, 6.45) is 6.31. The van der Waals surface area contributed by atoms with E-state index in [2.05, 4.69) is 10.4 Å². The van der Waals surface area contributed by atoms with Gasteiger partial charge < -0.3 is 16.2 Å². The number of hydrogen-bond donors (Lipinski definition) is 3. The Balaban J connectivity index is 1.84. The third kappa shape index (κ3) is 3.28. The zero-order valence-electron chi connectivity index (χ0n) is 14.1. The molecule has 0 spiro atoms. The molecule has 3 rings (SSSR count). The van der Waals surface area contributed by atoms with E-state index >= 15 is 0 Å². The van der Waals surface area contributed by atoms with Gasteiger partial charge in [0.25, 0.3) is 5.91 Å². The second-order valence-corrected chi connectivity index (χ2v) is 6.67. The molecular formula is C18H22N4O3. The Morgan fingerprint density at radius 2 is 1.96 bits per heavy atom. The lowest BCUT2D eigenvalue weighted by Gasteiger charge is -2.46. The lowest BCUT2D eigenvalue weighted by molar-refractivity contribution is 0.00598. The fourth-order valence-electron chi connectivity index (χ4n) is 3.35. The number of aromatic nitrogens is 2. The number of nitrogens with zero attached hydrogens (tertiary/aromatic N) is 2. The summed E-state index contributed by atoms with van der Waals surface area (Å²) in [6.45, 7) is 0.00739. The molecule has 1 aromatic heterocycles. The van der Waals surface area contributed by atoms with E-state index in [0.717, 1.165) is 24.8 Å². The number of hydrogen-bond acceptors (Lipinski definition) is 4. The van der Waals surface area contributed by atoms with Gasteiger partial charge in [0, 0.05) is 35.3 Å². The van der Waals surface area contributed by atoms with Crippen LogP contribution in [0.5, 0.6) is 0 Å². The monoisotopic (exact) mass is 342 g/mol. The summed E-state index contributed by atoms with van der Waals surface area (Å²) in [7, 11) is 1.82. The number of carbonyl (C=O) groups excluding carboxylic acids is 2. The van der Waals surface area contributed by atoms with Gasteiger partial charge in [0.2, 0.25) is 5.91 Å². The van der Waals surface area contributed by atoms with E-state index in [-0.39, 0.29) is 24.0 Å². The van der Waals surface area contributed by atoms with Crippen molar-refractivity contribution < 1.29 is 14.7 Å². The topological polar surface area (TPSA) is 110 Å². The molecule has 1 aromatic carbocycles. The van der Waals surface area contributed by atoms with Gasteiger partial charge in [0.15, 0.2) is 0 Å². The first-order chi connectivity index (χ1) is 11.9. The number of aliphatic hydroxyl groups excluding tert-OH is 1. The largest absolute Gasteiger partial charge is 0.396 e. The lowest BCUT2D eigenvalue weighted by atomic mass is 9.63. The molecule has 1 aliphatic carbocycles. The number of rotatable bonds is 6. The summed E-state index contributed by atoms with van der Waals surface area (Å²) in [5, 5.41) is 17.2. The van der Waals surface area contributed by atoms with E-state index < -0.39 is 5.91 Å². The smallest absolute Gasteiger partial charge is 0.251 e. The SMILES string of the molecule is Cn1cc([C@H](NC(=O)c2ccc(C(N)=O)cc2)C2(CO)CCC2)cn1. The summed E-state index contributed by atoms with van der Waals surface area (Å²) >= 11 is 0. The fourth-order valence-corrected chi connectivity index (χ4v) is 3.35. The minimum Gasteiger partial charge on any atom is -0.396 e. The van der Waals surface area contributed by atoms with Crippen LogP contribution in [0.15, 0.2) is 36.7 Å². The average molecular weight is 342 g/mol. The number of amides is 2. The number of aryl methyl sites for hydroxylation is 1. The molecule has 1 atom stereocenters. The molecule has 132 valence electrons. The predicted octanol–water partition coefficient (Wildman–Crippen LogP) is 1.15. The van der Waals surface area contributed by atoms with Crippen LogP contribution >= 0.6 is 0 Å². The zero-order valence-corrected chi connectivity index (χ0v) is 14.1. The van der Waals surface area contributed by atoms with Crippen LogP contribution in [0.2, 0.25) is 0 Å². The van der Waals surface area contributed by atoms with Gasteiger partial charge in [-0.15, -0.1) is 0 Å². The van der Waals surface area contributed by atoms with E-state index in [0.29, 0.717) is 11.1 Å². The molecule has 0 bridgehead atoms. The van der Waals surface area contributed by atoms with Gasteiger partial charge in [0.05, 0.1) is 18.8 Å². The maximum absolute atomic E-state index is 12.7. The van der Waals surface area contributed by atoms with Crippen molar-refractivity contribution in [3.05, 3.63) is 53.3 Å². The van der Waals surface area contributed by atoms with Crippen molar-refractivity contribution in [1.82, 2.24) is 15.1 Å². The minimum atomic E-state index is -0.533. The second-order valence-electron chi connectivity index (χ2n) is 6.67. The number of aliphatic hydroxyl groups is 1. The molecule has 1 aliphatic rings. The number of nitrogens with two attached hydrogens (primary N) is 1. The van der Waals surface area contributed by atoms with Crippen molar-refractivity contribution in [2.45, 2.75) is 25.3 Å². The van der Waals surface area contributed by atoms with E-state index in [1.54, 1.807) is 23.0 Å². The molecule has 1 fully saturated rings. The van der Waals surface area contributed by atoms with Crippen LogP contribution in [0, 0.1) is 5.41 Å². The fraction of sp³-hybridized carbons (Fsp3) is 0.389. The standard InChI is InChI=1S/C18H22N4O3/c1-22-10-14(9-20-22)15(18(11-23)7-2-8-18)21-17(25)13-5-3-12(4-6-13)16(19)24/h3-6,9-10,15,23H,2,7-8,11H2,1H3,(H2,19,24)(H,21,25)/t15-/m0/s1. The van der Waals surface area contributed by atoms with Crippen molar-refractivity contribution in [3.8, 4) is 0 Å². The van der Waals surface area contributed by atoms with E-state index in [4.69, 9.17) is 5.73 Å². The summed E-state index contributed by atoms with van der Waals surface area (Å²) in [4.78, 5) is 23.8. The first-order valence-electron chi connectivity index (χ1n) is 8.25. The van der Waals surface area contributed by atoms with Gasteiger partial charge in [-0.25, -0.2) is 0 Å². The minimum absolute atomic E-state index is 0.00739. The van der Waals surface area contributed by atoms with Crippen molar-refractivity contribution in [1.29, 1.82) is 0 Å². The first kappa shape index (κ1) is 17.2. The summed E-state index contributed by atoms with van der Waals surface area (Å²) in [6, 6.07) is 5.89. The van der Waals surface area contributed by atoms with E-state index in [1.165, 1.54) is 12.1 Å². The predicted molar refractivity (Wildman–Crippen MR) is 91.7 cm³/mol. The molecule has 0 aliphatic heterocycles. The third-order valence-electron chi connectivity index (χ3n) is 5.04. The van der Waals surface area contributed by atoms with Gasteiger partial charge in [-0.1, -0.05) is 6.42 Å². The van der Waals surface area contributed by atoms with Crippen molar-refractivity contribution in [3.63, 3.8) is 0 Å². The Kier molecular flexibility index (Phi) is 4.59. The molecule has 0 saturated heterocycles. The zero-order chi connectivity index (χ0) is 18.0. The van der Waals surface area contributed by atoms with E-state index in [1.807, 2.05) is 13.2 Å². The van der Waals surface area contributed by atoms with Gasteiger partial charge in [0.1, 0.15) is 0 Å². The van der Waals surface area contributed by atoms with Gasteiger partial charge in [-0.05, 0) is 37.1 Å². The molecule has 0 unspecified atom stereocenters. The molecule has 1 heterocycles. The Labute approximate surface area is 145 Å². The van der Waals surface area contributed by atoms with Gasteiger partial charge >= 0.3 is 0 Å². The van der Waals surface area contributed by atoms with Crippen LogP contribution in [-0.2, 0) is 7.05 Å². The summed E-state index contributed by atoms with van der Waals surface area (Å²) < 4.78 is 1.68. The van der Waals surface area contributed by atoms with Crippen LogP contribution < -0.4 is 11.1 Å². The summed E-state index contributed by atoms with van der Waals surface area (Å²) in [5.41, 5.74) is 6.53. The van der Waals surface area contributed by atoms with Crippen molar-refractivity contribution in [2.75, 3.05) is 6.61 Å². The number of benzene rings is 1. The summed E-state index contributed by atoms with van der Waals surface area (Å²) in [5.74, 6) is -0.793. The van der Waals surface area contributed by atoms with Crippen LogP contribution in [0.4, 0.5) is 0 Å². The Hall–Kier alpha value is -2.67. The molecule has 1 saturated carbocycles. The highest BCUT2D eigenvalue weighted by Gasteiger charge is 2.45. The molecule has 25 heavy (non-hydrogen) atoms. The van der Waals surface area contributed by atoms with Crippen LogP contribution in [0.3, 0.4) is 0 Å². The number of nitrogens with one attached hydrogen (secondary N) is 1. The molecule has 0 radical (unpaired) electrons. The highest BCUT2D eigenvalue weighted by molar-refractivity contribution is 5.97. The van der Waals surface area contributed by atoms with Gasteiger partial charge in [-0.3, -0.25) is 14.3 Å². The highest BCUT2D eigenvalue weighted by atomic mass is 16.3. The molecule has 4 N–H and O–H groups in total. The molecule has 2 aromatic rings. The molecule has 7 nitrogen and oxygen atoms in total. The quantitative estimate of drug-likeness (QED) is 0.731. The molecule has 2 amide bonds. The third-order valence-corrected chi connectivity index (χ3v) is 5.04. The maximum Gasteiger partial charge on any atom is 0.251 e. The van der Waals surface area contributed by atoms with Crippen LogP contribution in [0.1, 0.15) is 51.6 Å². The number of primary amides is 1. The highest BCUT2D eigenvalue weighted by Crippen LogP contribution is 2.49. The normalized spacial score (nSPS) is 16.7. The van der Waals surface area contributed by atoms with Crippen molar-refractivity contribution in [2.24, 2.45) is 18.2 Å². The van der Waals surface area contributed by atoms with Crippen molar-refractivity contribution >= 4 is 11.8 Å². The molecule has 7 heteroatoms. The Morgan fingerprint density at radius 1 is 1.32 bits per heavy atom. The van der Waals surface area contributed by atoms with Crippen LogP contribution in [0.25, 0.3) is 0 Å². The average Bonchev–Trinajstić information content (AvgIpc) is 2.99.